The molecule has 2 fully saturated rings. The van der Waals surface area contributed by atoms with Crippen molar-refractivity contribution < 1.29 is 4.79 Å². The van der Waals surface area contributed by atoms with E-state index in [0.717, 1.165) is 38.6 Å². The molecule has 1 aliphatic carbocycles. The number of carbonyl (C=O) groups is 1. The van der Waals surface area contributed by atoms with Crippen LogP contribution in [-0.4, -0.2) is 36.5 Å². The Morgan fingerprint density at radius 1 is 1.35 bits per heavy atom. The van der Waals surface area contributed by atoms with Crippen LogP contribution in [0.1, 0.15) is 58.3 Å². The van der Waals surface area contributed by atoms with Crippen molar-refractivity contribution in [3.05, 3.63) is 0 Å². The Balaban J connectivity index is 1.68. The topological polar surface area (TPSA) is 56.1 Å². The number of hydrogen-bond donors (Lipinski definition) is 1. The van der Waals surface area contributed by atoms with Crippen molar-refractivity contribution >= 4 is 5.91 Å². The summed E-state index contributed by atoms with van der Waals surface area (Å²) in [4.78, 5) is 14.7. The number of nitrogens with zero attached hydrogens (tertiary/aromatic N) is 2. The fourth-order valence-electron chi connectivity index (χ4n) is 3.51. The van der Waals surface area contributed by atoms with Gasteiger partial charge < -0.3 is 10.2 Å². The van der Waals surface area contributed by atoms with Gasteiger partial charge in [0.05, 0.1) is 6.07 Å². The summed E-state index contributed by atoms with van der Waals surface area (Å²) in [5.74, 6) is -0.0378. The molecular weight excluding hydrogens is 250 g/mol. The summed E-state index contributed by atoms with van der Waals surface area (Å²) in [6.07, 6.45) is 8.41. The van der Waals surface area contributed by atoms with E-state index >= 15 is 0 Å². The molecule has 1 saturated carbocycles. The lowest BCUT2D eigenvalue weighted by atomic mass is 9.87. The van der Waals surface area contributed by atoms with E-state index in [9.17, 15) is 10.1 Å². The van der Waals surface area contributed by atoms with Crippen molar-refractivity contribution in [3.63, 3.8) is 0 Å². The minimum atomic E-state index is -0.724. The van der Waals surface area contributed by atoms with Crippen LogP contribution in [0.4, 0.5) is 0 Å². The molecule has 4 nitrogen and oxygen atoms in total. The number of likely N-dealkylation sites (tertiary alicyclic amines) is 1. The van der Waals surface area contributed by atoms with E-state index < -0.39 is 5.41 Å². The van der Waals surface area contributed by atoms with Gasteiger partial charge in [0, 0.05) is 19.1 Å². The van der Waals surface area contributed by atoms with Crippen LogP contribution in [0.3, 0.4) is 0 Å². The highest BCUT2D eigenvalue weighted by atomic mass is 16.2. The summed E-state index contributed by atoms with van der Waals surface area (Å²) in [5.41, 5.74) is -0.724. The second-order valence-electron chi connectivity index (χ2n) is 6.39. The Bertz CT molecular complexity index is 368. The zero-order valence-corrected chi connectivity index (χ0v) is 12.7. The number of nitrogens with one attached hydrogen (secondary N) is 1. The number of hydrogen-bond acceptors (Lipinski definition) is 3. The van der Waals surface area contributed by atoms with Gasteiger partial charge in [-0.1, -0.05) is 19.3 Å². The molecule has 1 atom stereocenters. The van der Waals surface area contributed by atoms with Crippen molar-refractivity contribution in [2.75, 3.05) is 19.6 Å². The summed E-state index contributed by atoms with van der Waals surface area (Å²) < 4.78 is 0. The molecule has 0 aromatic carbocycles. The van der Waals surface area contributed by atoms with Gasteiger partial charge in [0.2, 0.25) is 5.91 Å². The van der Waals surface area contributed by atoms with Gasteiger partial charge in [-0.3, -0.25) is 4.79 Å². The number of amides is 1. The maximum absolute atomic E-state index is 12.2. The van der Waals surface area contributed by atoms with E-state index in [0.29, 0.717) is 12.6 Å². The largest absolute Gasteiger partial charge is 0.355 e. The third kappa shape index (κ3) is 3.52. The first-order chi connectivity index (χ1) is 9.68. The SMILES string of the molecule is CC1CCCCN1CCCNC(=O)C1(C#N)CCCC1. The average molecular weight is 277 g/mol. The molecule has 4 heteroatoms. The zero-order valence-electron chi connectivity index (χ0n) is 12.7. The van der Waals surface area contributed by atoms with Gasteiger partial charge in [-0.25, -0.2) is 0 Å². The molecule has 0 radical (unpaired) electrons. The fourth-order valence-corrected chi connectivity index (χ4v) is 3.51. The van der Waals surface area contributed by atoms with Gasteiger partial charge in [-0.05, 0) is 45.6 Å². The molecule has 20 heavy (non-hydrogen) atoms. The molecule has 1 heterocycles. The smallest absolute Gasteiger partial charge is 0.240 e. The average Bonchev–Trinajstić information content (AvgIpc) is 2.95. The zero-order chi connectivity index (χ0) is 14.4. The number of rotatable bonds is 5. The maximum atomic E-state index is 12.2. The minimum Gasteiger partial charge on any atom is -0.355 e. The van der Waals surface area contributed by atoms with Crippen LogP contribution < -0.4 is 5.32 Å². The van der Waals surface area contributed by atoms with E-state index in [1.54, 1.807) is 0 Å². The predicted octanol–water partition coefficient (Wildman–Crippen LogP) is 2.45. The third-order valence-electron chi connectivity index (χ3n) is 4.95. The monoisotopic (exact) mass is 277 g/mol. The van der Waals surface area contributed by atoms with Crippen LogP contribution >= 0.6 is 0 Å². The fraction of sp³-hybridized carbons (Fsp3) is 0.875. The lowest BCUT2D eigenvalue weighted by Crippen LogP contribution is -2.41. The molecular formula is C16H27N3O. The Kier molecular flexibility index (Phi) is 5.42. The minimum absolute atomic E-state index is 0.0378. The van der Waals surface area contributed by atoms with Crippen LogP contribution in [0.2, 0.25) is 0 Å². The van der Waals surface area contributed by atoms with Crippen LogP contribution in [0, 0.1) is 16.7 Å². The molecule has 1 amide bonds. The molecule has 2 rings (SSSR count). The summed E-state index contributed by atoms with van der Waals surface area (Å²) in [6.45, 7) is 5.24. The number of nitriles is 1. The molecule has 1 N–H and O–H groups in total. The van der Waals surface area contributed by atoms with Gasteiger partial charge in [-0.2, -0.15) is 5.26 Å². The van der Waals surface area contributed by atoms with E-state index in [4.69, 9.17) is 0 Å². The number of carbonyl (C=O) groups excluding carboxylic acids is 1. The van der Waals surface area contributed by atoms with Crippen LogP contribution in [-0.2, 0) is 4.79 Å². The van der Waals surface area contributed by atoms with Crippen LogP contribution in [0.5, 0.6) is 0 Å². The lowest BCUT2D eigenvalue weighted by Gasteiger charge is -2.33. The molecule has 0 spiro atoms. The van der Waals surface area contributed by atoms with Gasteiger partial charge >= 0.3 is 0 Å². The van der Waals surface area contributed by atoms with Crippen LogP contribution in [0.25, 0.3) is 0 Å². The highest BCUT2D eigenvalue weighted by molar-refractivity contribution is 5.85. The lowest BCUT2D eigenvalue weighted by molar-refractivity contribution is -0.127. The third-order valence-corrected chi connectivity index (χ3v) is 4.95. The molecule has 112 valence electrons. The van der Waals surface area contributed by atoms with E-state index in [1.807, 2.05) is 0 Å². The first-order valence-corrected chi connectivity index (χ1v) is 8.11. The first kappa shape index (κ1) is 15.3. The Morgan fingerprint density at radius 2 is 2.10 bits per heavy atom. The van der Waals surface area contributed by atoms with Crippen molar-refractivity contribution in [2.45, 2.75) is 64.3 Å². The Labute approximate surface area is 122 Å². The van der Waals surface area contributed by atoms with Crippen molar-refractivity contribution in [2.24, 2.45) is 5.41 Å². The molecule has 0 aromatic rings. The highest BCUT2D eigenvalue weighted by Crippen LogP contribution is 2.37. The normalized spacial score (nSPS) is 26.1. The molecule has 1 saturated heterocycles. The van der Waals surface area contributed by atoms with Gasteiger partial charge in [0.15, 0.2) is 0 Å². The molecule has 0 aromatic heterocycles. The second-order valence-corrected chi connectivity index (χ2v) is 6.39. The van der Waals surface area contributed by atoms with Gasteiger partial charge in [0.1, 0.15) is 5.41 Å². The van der Waals surface area contributed by atoms with Crippen LogP contribution in [0.15, 0.2) is 0 Å². The van der Waals surface area contributed by atoms with Crippen molar-refractivity contribution in [1.82, 2.24) is 10.2 Å². The molecule has 1 unspecified atom stereocenters. The highest BCUT2D eigenvalue weighted by Gasteiger charge is 2.41. The number of piperidine rings is 1. The summed E-state index contributed by atoms with van der Waals surface area (Å²) in [7, 11) is 0. The van der Waals surface area contributed by atoms with E-state index in [1.165, 1.54) is 25.8 Å². The Hall–Kier alpha value is -1.08. The Morgan fingerprint density at radius 3 is 2.75 bits per heavy atom. The van der Waals surface area contributed by atoms with Gasteiger partial charge in [-0.15, -0.1) is 0 Å². The quantitative estimate of drug-likeness (QED) is 0.785. The second kappa shape index (κ2) is 7.08. The van der Waals surface area contributed by atoms with E-state index in [2.05, 4.69) is 23.2 Å². The predicted molar refractivity (Wildman–Crippen MR) is 79.0 cm³/mol. The first-order valence-electron chi connectivity index (χ1n) is 8.11. The summed E-state index contributed by atoms with van der Waals surface area (Å²) in [5, 5.41) is 12.2. The van der Waals surface area contributed by atoms with Gasteiger partial charge in [0.25, 0.3) is 0 Å². The van der Waals surface area contributed by atoms with E-state index in [-0.39, 0.29) is 5.91 Å². The maximum Gasteiger partial charge on any atom is 0.240 e. The molecule has 0 bridgehead atoms. The molecule has 1 aliphatic heterocycles. The van der Waals surface area contributed by atoms with Crippen molar-refractivity contribution in [1.29, 1.82) is 5.26 Å². The summed E-state index contributed by atoms with van der Waals surface area (Å²) in [6, 6.07) is 2.93. The summed E-state index contributed by atoms with van der Waals surface area (Å²) >= 11 is 0. The standard InChI is InChI=1S/C16H27N3O/c1-14-7-2-5-11-19(14)12-6-10-18-15(20)16(13-17)8-3-4-9-16/h14H,2-12H2,1H3,(H,18,20). The van der Waals surface area contributed by atoms with Crippen molar-refractivity contribution in [3.8, 4) is 6.07 Å². The molecule has 2 aliphatic rings.